The SMILES string of the molecule is CCCC(NC(=O)Nc1ccc(Br)cc1)C(=O)NC(C)C(=O)O. The average Bonchev–Trinajstić information content (AvgIpc) is 2.49. The first-order chi connectivity index (χ1) is 10.8. The van der Waals surface area contributed by atoms with Crippen molar-refractivity contribution >= 4 is 39.5 Å². The lowest BCUT2D eigenvalue weighted by Crippen LogP contribution is -2.51. The van der Waals surface area contributed by atoms with E-state index in [9.17, 15) is 14.4 Å². The summed E-state index contributed by atoms with van der Waals surface area (Å²) in [6, 6.07) is 4.65. The third kappa shape index (κ3) is 6.68. The maximum absolute atomic E-state index is 12.1. The Bertz CT molecular complexity index is 562. The predicted molar refractivity (Wildman–Crippen MR) is 90.2 cm³/mol. The van der Waals surface area contributed by atoms with Gasteiger partial charge in [0.1, 0.15) is 12.1 Å². The van der Waals surface area contributed by atoms with E-state index in [1.807, 2.05) is 6.92 Å². The van der Waals surface area contributed by atoms with E-state index in [-0.39, 0.29) is 0 Å². The molecule has 0 fully saturated rings. The second kappa shape index (κ2) is 9.14. The van der Waals surface area contributed by atoms with Crippen LogP contribution in [0.15, 0.2) is 28.7 Å². The van der Waals surface area contributed by atoms with E-state index < -0.39 is 30.0 Å². The lowest BCUT2D eigenvalue weighted by Gasteiger charge is -2.19. The summed E-state index contributed by atoms with van der Waals surface area (Å²) in [4.78, 5) is 34.8. The van der Waals surface area contributed by atoms with Crippen molar-refractivity contribution in [2.45, 2.75) is 38.8 Å². The van der Waals surface area contributed by atoms with E-state index in [1.165, 1.54) is 6.92 Å². The molecular formula is C15H20BrN3O4. The molecule has 2 unspecified atom stereocenters. The predicted octanol–water partition coefficient (Wildman–Crippen LogP) is 2.33. The molecule has 0 saturated heterocycles. The maximum Gasteiger partial charge on any atom is 0.325 e. The fourth-order valence-corrected chi connectivity index (χ4v) is 2.06. The molecule has 0 aliphatic carbocycles. The molecule has 126 valence electrons. The first-order valence-electron chi connectivity index (χ1n) is 7.19. The number of carboxylic acid groups (broad SMARTS) is 1. The Labute approximate surface area is 143 Å². The van der Waals surface area contributed by atoms with Crippen LogP contribution in [0.5, 0.6) is 0 Å². The van der Waals surface area contributed by atoms with Gasteiger partial charge in [0.2, 0.25) is 5.91 Å². The molecule has 1 aromatic carbocycles. The minimum absolute atomic E-state index is 0.409. The van der Waals surface area contributed by atoms with Crippen molar-refractivity contribution in [3.8, 4) is 0 Å². The van der Waals surface area contributed by atoms with Gasteiger partial charge in [0.05, 0.1) is 0 Å². The molecule has 23 heavy (non-hydrogen) atoms. The van der Waals surface area contributed by atoms with Crippen LogP contribution in [0.3, 0.4) is 0 Å². The molecule has 2 atom stereocenters. The Morgan fingerprint density at radius 2 is 1.78 bits per heavy atom. The summed E-state index contributed by atoms with van der Waals surface area (Å²) in [5, 5.41) is 16.4. The van der Waals surface area contributed by atoms with Crippen LogP contribution in [0.2, 0.25) is 0 Å². The van der Waals surface area contributed by atoms with Crippen molar-refractivity contribution in [1.29, 1.82) is 0 Å². The summed E-state index contributed by atoms with van der Waals surface area (Å²) >= 11 is 3.30. The van der Waals surface area contributed by atoms with Crippen LogP contribution in [0.4, 0.5) is 10.5 Å². The normalized spacial score (nSPS) is 12.8. The number of carboxylic acids is 1. The fraction of sp³-hybridized carbons (Fsp3) is 0.400. The molecule has 0 aliphatic heterocycles. The van der Waals surface area contributed by atoms with E-state index in [0.29, 0.717) is 18.5 Å². The third-order valence-corrected chi connectivity index (χ3v) is 3.56. The molecule has 0 aromatic heterocycles. The molecule has 8 heteroatoms. The van der Waals surface area contributed by atoms with Crippen molar-refractivity contribution < 1.29 is 19.5 Å². The smallest absolute Gasteiger partial charge is 0.325 e. The molecule has 0 aliphatic rings. The van der Waals surface area contributed by atoms with Crippen molar-refractivity contribution in [3.63, 3.8) is 0 Å². The van der Waals surface area contributed by atoms with Crippen LogP contribution in [0.25, 0.3) is 0 Å². The van der Waals surface area contributed by atoms with E-state index in [1.54, 1.807) is 24.3 Å². The summed E-state index contributed by atoms with van der Waals surface area (Å²) in [7, 11) is 0. The summed E-state index contributed by atoms with van der Waals surface area (Å²) in [5.74, 6) is -1.65. The summed E-state index contributed by atoms with van der Waals surface area (Å²) in [5.41, 5.74) is 0.584. The van der Waals surface area contributed by atoms with Crippen molar-refractivity contribution in [2.75, 3.05) is 5.32 Å². The number of rotatable bonds is 7. The molecule has 0 spiro atoms. The number of hydrogen-bond donors (Lipinski definition) is 4. The Morgan fingerprint density at radius 3 is 2.30 bits per heavy atom. The molecule has 4 N–H and O–H groups in total. The molecule has 0 saturated carbocycles. The highest BCUT2D eigenvalue weighted by Gasteiger charge is 2.23. The van der Waals surface area contributed by atoms with Crippen LogP contribution >= 0.6 is 15.9 Å². The van der Waals surface area contributed by atoms with Gasteiger partial charge < -0.3 is 21.1 Å². The molecular weight excluding hydrogens is 366 g/mol. The number of benzene rings is 1. The fourth-order valence-electron chi connectivity index (χ4n) is 1.79. The molecule has 1 rings (SSSR count). The first-order valence-corrected chi connectivity index (χ1v) is 7.99. The number of carbonyl (C=O) groups excluding carboxylic acids is 2. The first kappa shape index (κ1) is 19.0. The maximum atomic E-state index is 12.1. The highest BCUT2D eigenvalue weighted by molar-refractivity contribution is 9.10. The van der Waals surface area contributed by atoms with Gasteiger partial charge in [0.25, 0.3) is 0 Å². The van der Waals surface area contributed by atoms with E-state index in [0.717, 1.165) is 4.47 Å². The molecule has 0 heterocycles. The highest BCUT2D eigenvalue weighted by atomic mass is 79.9. The third-order valence-electron chi connectivity index (χ3n) is 3.03. The van der Waals surface area contributed by atoms with Gasteiger partial charge in [-0.3, -0.25) is 9.59 Å². The van der Waals surface area contributed by atoms with Gasteiger partial charge in [-0.15, -0.1) is 0 Å². The van der Waals surface area contributed by atoms with Crippen LogP contribution < -0.4 is 16.0 Å². The van der Waals surface area contributed by atoms with Crippen molar-refractivity contribution in [1.82, 2.24) is 10.6 Å². The summed E-state index contributed by atoms with van der Waals surface area (Å²) in [6.45, 7) is 3.24. The monoisotopic (exact) mass is 385 g/mol. The quantitative estimate of drug-likeness (QED) is 0.577. The average molecular weight is 386 g/mol. The number of hydrogen-bond acceptors (Lipinski definition) is 3. The summed E-state index contributed by atoms with van der Waals surface area (Å²) in [6.07, 6.45) is 1.07. The van der Waals surface area contributed by atoms with Crippen molar-refractivity contribution in [2.24, 2.45) is 0 Å². The lowest BCUT2D eigenvalue weighted by molar-refractivity contribution is -0.141. The lowest BCUT2D eigenvalue weighted by atomic mass is 10.1. The van der Waals surface area contributed by atoms with E-state index in [4.69, 9.17) is 5.11 Å². The largest absolute Gasteiger partial charge is 0.480 e. The minimum atomic E-state index is -1.13. The Balaban J connectivity index is 2.63. The molecule has 7 nitrogen and oxygen atoms in total. The van der Waals surface area contributed by atoms with Crippen molar-refractivity contribution in [3.05, 3.63) is 28.7 Å². The van der Waals surface area contributed by atoms with Gasteiger partial charge in [0.15, 0.2) is 0 Å². The van der Waals surface area contributed by atoms with Crippen LogP contribution in [0, 0.1) is 0 Å². The highest BCUT2D eigenvalue weighted by Crippen LogP contribution is 2.14. The Hall–Kier alpha value is -2.09. The van der Waals surface area contributed by atoms with Gasteiger partial charge in [-0.1, -0.05) is 29.3 Å². The van der Waals surface area contributed by atoms with E-state index >= 15 is 0 Å². The number of carbonyl (C=O) groups is 3. The zero-order valence-electron chi connectivity index (χ0n) is 12.9. The number of aliphatic carboxylic acids is 1. The van der Waals surface area contributed by atoms with Crippen LogP contribution in [0.1, 0.15) is 26.7 Å². The second-order valence-corrected chi connectivity index (χ2v) is 5.93. The van der Waals surface area contributed by atoms with E-state index in [2.05, 4.69) is 31.9 Å². The standard InChI is InChI=1S/C15H20BrN3O4/c1-3-4-12(13(20)17-9(2)14(21)22)19-15(23)18-11-7-5-10(16)6-8-11/h5-9,12H,3-4H2,1-2H3,(H,17,20)(H,21,22)(H2,18,19,23). The Morgan fingerprint density at radius 1 is 1.17 bits per heavy atom. The minimum Gasteiger partial charge on any atom is -0.480 e. The van der Waals surface area contributed by atoms with Gasteiger partial charge >= 0.3 is 12.0 Å². The second-order valence-electron chi connectivity index (χ2n) is 5.02. The van der Waals surface area contributed by atoms with Gasteiger partial charge in [-0.05, 0) is 37.6 Å². The number of anilines is 1. The Kier molecular flexibility index (Phi) is 7.53. The van der Waals surface area contributed by atoms with Gasteiger partial charge in [-0.2, -0.15) is 0 Å². The number of urea groups is 1. The van der Waals surface area contributed by atoms with Crippen LogP contribution in [-0.2, 0) is 9.59 Å². The van der Waals surface area contributed by atoms with Crippen LogP contribution in [-0.4, -0.2) is 35.1 Å². The zero-order chi connectivity index (χ0) is 17.4. The van der Waals surface area contributed by atoms with Gasteiger partial charge in [0, 0.05) is 10.2 Å². The topological polar surface area (TPSA) is 108 Å². The number of halogens is 1. The molecule has 1 aromatic rings. The zero-order valence-corrected chi connectivity index (χ0v) is 14.5. The summed E-state index contributed by atoms with van der Waals surface area (Å²) < 4.78 is 0.884. The molecule has 0 radical (unpaired) electrons. The number of amides is 3. The molecule has 0 bridgehead atoms. The molecule has 3 amide bonds. The van der Waals surface area contributed by atoms with Gasteiger partial charge in [-0.25, -0.2) is 4.79 Å². The number of nitrogens with one attached hydrogen (secondary N) is 3.